The van der Waals surface area contributed by atoms with Crippen LogP contribution in [-0.2, 0) is 0 Å². The Morgan fingerprint density at radius 1 is 0.690 bits per heavy atom. The zero-order valence-corrected chi connectivity index (χ0v) is 14.9. The molecule has 0 fully saturated rings. The molecule has 0 unspecified atom stereocenters. The van der Waals surface area contributed by atoms with Gasteiger partial charge >= 0.3 is 0 Å². The Labute approximate surface area is 164 Å². The van der Waals surface area contributed by atoms with Crippen LogP contribution in [0.2, 0.25) is 0 Å². The van der Waals surface area contributed by atoms with Gasteiger partial charge < -0.3 is 5.21 Å². The first-order valence-electron chi connectivity index (χ1n) is 8.38. The van der Waals surface area contributed by atoms with Gasteiger partial charge in [0.05, 0.1) is 9.85 Å². The van der Waals surface area contributed by atoms with E-state index >= 15 is 0 Å². The van der Waals surface area contributed by atoms with E-state index in [1.807, 2.05) is 0 Å². The lowest BCUT2D eigenvalue weighted by Gasteiger charge is -1.99. The van der Waals surface area contributed by atoms with Crippen molar-refractivity contribution in [3.63, 3.8) is 0 Å². The molecule has 0 saturated heterocycles. The topological polar surface area (TPSA) is 126 Å². The first-order valence-corrected chi connectivity index (χ1v) is 8.38. The summed E-state index contributed by atoms with van der Waals surface area (Å²) in [5.41, 5.74) is 2.16. The average molecular weight is 390 g/mol. The van der Waals surface area contributed by atoms with Gasteiger partial charge in [0, 0.05) is 41.5 Å². The number of benzene rings is 2. The van der Waals surface area contributed by atoms with Gasteiger partial charge in [-0.2, -0.15) is 0 Å². The Hall–Kier alpha value is -4.40. The van der Waals surface area contributed by atoms with Crippen molar-refractivity contribution in [2.75, 3.05) is 0 Å². The first-order chi connectivity index (χ1) is 13.9. The number of rotatable bonds is 6. The second-order valence-corrected chi connectivity index (χ2v) is 5.92. The van der Waals surface area contributed by atoms with Crippen molar-refractivity contribution in [2.24, 2.45) is 0 Å². The van der Waals surface area contributed by atoms with Crippen LogP contribution in [0.3, 0.4) is 0 Å². The van der Waals surface area contributed by atoms with Crippen LogP contribution in [0, 0.1) is 25.4 Å². The van der Waals surface area contributed by atoms with Crippen LogP contribution >= 0.6 is 0 Å². The summed E-state index contributed by atoms with van der Waals surface area (Å²) in [7, 11) is 0. The molecule has 0 amide bonds. The summed E-state index contributed by atoms with van der Waals surface area (Å²) in [5.74, 6) is 0. The molecule has 9 nitrogen and oxygen atoms in total. The van der Waals surface area contributed by atoms with E-state index < -0.39 is 9.85 Å². The standard InChI is InChI=1S/C20H14N4O5/c25-22-18(9-2-16-5-12-20(13-6-16)24(28)29)14-8-17(21-22)7-1-15-3-10-19(11-4-15)23(26)27/h1-14H. The molecule has 29 heavy (non-hydrogen) atoms. The highest BCUT2D eigenvalue weighted by atomic mass is 16.6. The molecule has 3 rings (SSSR count). The summed E-state index contributed by atoms with van der Waals surface area (Å²) >= 11 is 0. The second-order valence-electron chi connectivity index (χ2n) is 5.92. The highest BCUT2D eigenvalue weighted by molar-refractivity contribution is 5.70. The van der Waals surface area contributed by atoms with Gasteiger partial charge in [0.1, 0.15) is 5.69 Å². The summed E-state index contributed by atoms with van der Waals surface area (Å²) in [4.78, 5) is 20.8. The van der Waals surface area contributed by atoms with Crippen molar-refractivity contribution >= 4 is 35.7 Å². The van der Waals surface area contributed by atoms with E-state index in [-0.39, 0.29) is 11.4 Å². The van der Waals surface area contributed by atoms with E-state index in [1.165, 1.54) is 24.3 Å². The molecule has 2 aromatic carbocycles. The lowest BCUT2D eigenvalue weighted by atomic mass is 10.1. The van der Waals surface area contributed by atoms with Gasteiger partial charge in [0.15, 0.2) is 0 Å². The maximum atomic E-state index is 12.1. The Morgan fingerprint density at radius 2 is 1.17 bits per heavy atom. The Kier molecular flexibility index (Phi) is 5.69. The molecule has 0 bridgehead atoms. The van der Waals surface area contributed by atoms with E-state index in [0.717, 1.165) is 5.56 Å². The average Bonchev–Trinajstić information content (AvgIpc) is 2.72. The molecule has 3 aromatic rings. The van der Waals surface area contributed by atoms with Crippen molar-refractivity contribution in [3.8, 4) is 0 Å². The quantitative estimate of drug-likeness (QED) is 0.272. The normalized spacial score (nSPS) is 11.2. The maximum Gasteiger partial charge on any atom is 0.269 e. The number of nitrogens with zero attached hydrogens (tertiary/aromatic N) is 4. The van der Waals surface area contributed by atoms with Gasteiger partial charge in [-0.05, 0) is 53.6 Å². The molecule has 1 heterocycles. The van der Waals surface area contributed by atoms with Gasteiger partial charge in [0.2, 0.25) is 5.69 Å². The molecule has 0 N–H and O–H groups in total. The monoisotopic (exact) mass is 390 g/mol. The van der Waals surface area contributed by atoms with Crippen LogP contribution in [0.5, 0.6) is 0 Å². The van der Waals surface area contributed by atoms with Crippen LogP contribution in [0.4, 0.5) is 11.4 Å². The fourth-order valence-electron chi connectivity index (χ4n) is 2.42. The number of aromatic nitrogens is 2. The fourth-order valence-corrected chi connectivity index (χ4v) is 2.42. The maximum absolute atomic E-state index is 12.1. The Morgan fingerprint density at radius 3 is 1.62 bits per heavy atom. The zero-order valence-electron chi connectivity index (χ0n) is 14.9. The molecule has 0 saturated carbocycles. The molecule has 0 atom stereocenters. The van der Waals surface area contributed by atoms with E-state index in [2.05, 4.69) is 5.10 Å². The summed E-state index contributed by atoms with van der Waals surface area (Å²) in [6.07, 6.45) is 6.53. The van der Waals surface area contributed by atoms with Gasteiger partial charge in [-0.1, -0.05) is 10.9 Å². The fraction of sp³-hybridized carbons (Fsp3) is 0. The van der Waals surface area contributed by atoms with Gasteiger partial charge in [-0.25, -0.2) is 0 Å². The van der Waals surface area contributed by atoms with E-state index in [4.69, 9.17) is 0 Å². The van der Waals surface area contributed by atoms with Crippen molar-refractivity contribution in [1.82, 2.24) is 5.10 Å². The SMILES string of the molecule is O=[N+]([O-])c1ccc(C=Cc2ccc(C=Cc3ccc([N+](=O)[O-])cc3)[n+]([O-])n2)cc1. The van der Waals surface area contributed by atoms with E-state index in [1.54, 1.807) is 60.7 Å². The predicted octanol–water partition coefficient (Wildman–Crippen LogP) is 3.87. The highest BCUT2D eigenvalue weighted by Crippen LogP contribution is 2.15. The summed E-state index contributed by atoms with van der Waals surface area (Å²) in [5, 5.41) is 37.3. The van der Waals surface area contributed by atoms with Crippen LogP contribution < -0.4 is 4.85 Å². The van der Waals surface area contributed by atoms with Gasteiger partial charge in [-0.3, -0.25) is 20.2 Å². The second kappa shape index (κ2) is 8.53. The number of nitro benzene ring substituents is 2. The lowest BCUT2D eigenvalue weighted by molar-refractivity contribution is -0.671. The highest BCUT2D eigenvalue weighted by Gasteiger charge is 2.06. The number of hydrogen-bond acceptors (Lipinski definition) is 6. The largest absolute Gasteiger partial charge is 0.594 e. The Balaban J connectivity index is 1.70. The molecule has 0 spiro atoms. The molecule has 0 aliphatic carbocycles. The zero-order chi connectivity index (χ0) is 20.8. The summed E-state index contributed by atoms with van der Waals surface area (Å²) in [6, 6.07) is 15.2. The van der Waals surface area contributed by atoms with E-state index in [9.17, 15) is 25.4 Å². The third-order valence-corrected chi connectivity index (χ3v) is 3.95. The smallest absolute Gasteiger partial charge is 0.269 e. The lowest BCUT2D eigenvalue weighted by Crippen LogP contribution is -2.34. The number of non-ortho nitro benzene ring substituents is 2. The van der Waals surface area contributed by atoms with Gasteiger partial charge in [0.25, 0.3) is 11.4 Å². The Bertz CT molecular complexity index is 1110. The predicted molar refractivity (Wildman–Crippen MR) is 107 cm³/mol. The number of nitro groups is 2. The first kappa shape index (κ1) is 19.4. The molecule has 9 heteroatoms. The van der Waals surface area contributed by atoms with Crippen molar-refractivity contribution < 1.29 is 14.7 Å². The van der Waals surface area contributed by atoms with Crippen LogP contribution in [0.15, 0.2) is 60.7 Å². The molecule has 0 aliphatic rings. The van der Waals surface area contributed by atoms with Gasteiger partial charge in [-0.15, -0.1) is 0 Å². The van der Waals surface area contributed by atoms with Crippen LogP contribution in [0.25, 0.3) is 24.3 Å². The van der Waals surface area contributed by atoms with E-state index in [0.29, 0.717) is 21.8 Å². The van der Waals surface area contributed by atoms with Crippen molar-refractivity contribution in [3.05, 3.63) is 109 Å². The minimum absolute atomic E-state index is 0.00170. The van der Waals surface area contributed by atoms with Crippen LogP contribution in [-0.4, -0.2) is 14.9 Å². The summed E-state index contributed by atoms with van der Waals surface area (Å²) in [6.45, 7) is 0. The summed E-state index contributed by atoms with van der Waals surface area (Å²) < 4.78 is 0. The molecule has 1 aromatic heterocycles. The molecule has 0 radical (unpaired) electrons. The minimum Gasteiger partial charge on any atom is -0.594 e. The molecule has 144 valence electrons. The van der Waals surface area contributed by atoms with Crippen molar-refractivity contribution in [2.45, 2.75) is 0 Å². The third-order valence-electron chi connectivity index (χ3n) is 3.95. The molecular weight excluding hydrogens is 376 g/mol. The van der Waals surface area contributed by atoms with Crippen LogP contribution in [0.1, 0.15) is 22.5 Å². The third kappa shape index (κ3) is 5.07. The molecular formula is C20H14N4O5. The van der Waals surface area contributed by atoms with Crippen molar-refractivity contribution in [1.29, 1.82) is 0 Å². The molecule has 0 aliphatic heterocycles. The number of hydrogen-bond donors (Lipinski definition) is 0. The minimum atomic E-state index is -0.480.